The van der Waals surface area contributed by atoms with Gasteiger partial charge in [0.1, 0.15) is 0 Å². The number of thiophene rings is 1. The summed E-state index contributed by atoms with van der Waals surface area (Å²) >= 11 is 1.72. The first-order chi connectivity index (χ1) is 9.80. The smallest absolute Gasteiger partial charge is 0.383 e. The summed E-state index contributed by atoms with van der Waals surface area (Å²) in [6, 6.07) is 5.22. The van der Waals surface area contributed by atoms with Gasteiger partial charge < -0.3 is 8.85 Å². The summed E-state index contributed by atoms with van der Waals surface area (Å²) in [7, 11) is -2.12. The van der Waals surface area contributed by atoms with Crippen molar-refractivity contribution in [3.05, 3.63) is 22.4 Å². The van der Waals surface area contributed by atoms with Crippen LogP contribution in [0.15, 0.2) is 22.5 Å². The first kappa shape index (κ1) is 15.8. The van der Waals surface area contributed by atoms with Crippen LogP contribution in [0.25, 0.3) is 0 Å². The molecule has 2 rings (SSSR count). The van der Waals surface area contributed by atoms with Crippen molar-refractivity contribution in [2.45, 2.75) is 26.3 Å². The van der Waals surface area contributed by atoms with E-state index in [1.807, 2.05) is 6.21 Å². The Balaban J connectivity index is 1.86. The van der Waals surface area contributed by atoms with Gasteiger partial charge in [-0.3, -0.25) is 9.56 Å². The SMILES string of the molecule is CCO[Si]1(OCC)CCCN1CCN=Cc1cccs1. The maximum atomic E-state index is 6.04. The molecule has 0 spiro atoms. The number of rotatable bonds is 8. The van der Waals surface area contributed by atoms with E-state index < -0.39 is 8.72 Å². The van der Waals surface area contributed by atoms with Crippen LogP contribution in [-0.2, 0) is 8.85 Å². The van der Waals surface area contributed by atoms with Crippen molar-refractivity contribution in [3.8, 4) is 0 Å². The second-order valence-corrected chi connectivity index (χ2v) is 8.83. The van der Waals surface area contributed by atoms with E-state index >= 15 is 0 Å². The zero-order chi connectivity index (χ0) is 14.3. The van der Waals surface area contributed by atoms with Gasteiger partial charge in [0.05, 0.1) is 6.54 Å². The third-order valence-corrected chi connectivity index (χ3v) is 8.09. The zero-order valence-corrected chi connectivity index (χ0v) is 14.2. The van der Waals surface area contributed by atoms with E-state index in [1.165, 1.54) is 11.3 Å². The summed E-state index contributed by atoms with van der Waals surface area (Å²) in [6.45, 7) is 8.42. The molecule has 0 unspecified atom stereocenters. The van der Waals surface area contributed by atoms with E-state index in [1.54, 1.807) is 11.3 Å². The van der Waals surface area contributed by atoms with Crippen LogP contribution in [-0.4, -0.2) is 52.4 Å². The molecule has 20 heavy (non-hydrogen) atoms. The highest BCUT2D eigenvalue weighted by atomic mass is 32.1. The van der Waals surface area contributed by atoms with Crippen LogP contribution in [0.3, 0.4) is 0 Å². The van der Waals surface area contributed by atoms with Gasteiger partial charge in [0.15, 0.2) is 0 Å². The summed E-state index contributed by atoms with van der Waals surface area (Å²) in [5.74, 6) is 0. The summed E-state index contributed by atoms with van der Waals surface area (Å²) in [6.07, 6.45) is 3.15. The second-order valence-electron chi connectivity index (χ2n) is 4.72. The first-order valence-electron chi connectivity index (χ1n) is 7.37. The number of nitrogens with zero attached hydrogens (tertiary/aromatic N) is 2. The van der Waals surface area contributed by atoms with Crippen LogP contribution < -0.4 is 0 Å². The van der Waals surface area contributed by atoms with E-state index in [2.05, 4.69) is 40.9 Å². The molecule has 1 aromatic rings. The number of hydrogen-bond donors (Lipinski definition) is 0. The molecule has 0 radical (unpaired) electrons. The Kier molecular flexibility index (Phi) is 6.37. The van der Waals surface area contributed by atoms with Crippen LogP contribution >= 0.6 is 11.3 Å². The maximum absolute atomic E-state index is 6.04. The molecule has 0 aliphatic carbocycles. The van der Waals surface area contributed by atoms with Gasteiger partial charge in [0, 0.05) is 36.9 Å². The van der Waals surface area contributed by atoms with Crippen LogP contribution in [0.5, 0.6) is 0 Å². The topological polar surface area (TPSA) is 34.1 Å². The standard InChI is InChI=1S/C14H24N2O2SSi/c1-3-17-20(18-4-2)12-6-9-16(20)10-8-15-13-14-7-5-11-19-14/h5,7,11,13H,3-4,6,8-10,12H2,1-2H3. The highest BCUT2D eigenvalue weighted by Gasteiger charge is 2.48. The highest BCUT2D eigenvalue weighted by molar-refractivity contribution is 7.11. The average molecular weight is 313 g/mol. The van der Waals surface area contributed by atoms with Crippen molar-refractivity contribution in [2.24, 2.45) is 4.99 Å². The normalized spacial score (nSPS) is 19.1. The fourth-order valence-corrected chi connectivity index (χ4v) is 6.73. The number of aliphatic imine (C=N–C) groups is 1. The van der Waals surface area contributed by atoms with Crippen LogP contribution in [0, 0.1) is 0 Å². The van der Waals surface area contributed by atoms with Gasteiger partial charge in [-0.2, -0.15) is 0 Å². The molecule has 112 valence electrons. The summed E-state index contributed by atoms with van der Waals surface area (Å²) in [5.41, 5.74) is 0. The molecule has 2 heterocycles. The fourth-order valence-electron chi connectivity index (χ4n) is 2.62. The van der Waals surface area contributed by atoms with E-state index in [0.29, 0.717) is 0 Å². The van der Waals surface area contributed by atoms with Crippen LogP contribution in [0.2, 0.25) is 6.04 Å². The van der Waals surface area contributed by atoms with Crippen molar-refractivity contribution in [3.63, 3.8) is 0 Å². The Hall–Kier alpha value is -0.533. The molecule has 0 bridgehead atoms. The minimum Gasteiger partial charge on any atom is -0.383 e. The number of hydrogen-bond acceptors (Lipinski definition) is 5. The van der Waals surface area contributed by atoms with Gasteiger partial charge in [-0.25, -0.2) is 0 Å². The molecule has 1 aliphatic heterocycles. The average Bonchev–Trinajstić information content (AvgIpc) is 3.06. The van der Waals surface area contributed by atoms with Crippen LogP contribution in [0.1, 0.15) is 25.1 Å². The van der Waals surface area contributed by atoms with Crippen LogP contribution in [0.4, 0.5) is 0 Å². The molecule has 0 amide bonds. The second kappa shape index (κ2) is 8.04. The van der Waals surface area contributed by atoms with Gasteiger partial charge in [-0.05, 0) is 38.3 Å². The third kappa shape index (κ3) is 3.99. The van der Waals surface area contributed by atoms with Crippen molar-refractivity contribution in [1.82, 2.24) is 4.57 Å². The molecule has 0 saturated carbocycles. The van der Waals surface area contributed by atoms with E-state index in [0.717, 1.165) is 38.9 Å². The molecular weight excluding hydrogens is 288 g/mol. The largest absolute Gasteiger partial charge is 0.427 e. The van der Waals surface area contributed by atoms with Crippen molar-refractivity contribution < 1.29 is 8.85 Å². The van der Waals surface area contributed by atoms with E-state index in [4.69, 9.17) is 8.85 Å². The minimum atomic E-state index is -2.12. The fraction of sp³-hybridized carbons (Fsp3) is 0.643. The molecular formula is C14H24N2O2SSi. The molecule has 4 nitrogen and oxygen atoms in total. The quantitative estimate of drug-likeness (QED) is 0.547. The van der Waals surface area contributed by atoms with E-state index in [9.17, 15) is 0 Å². The molecule has 1 aromatic heterocycles. The Morgan fingerprint density at radius 2 is 2.20 bits per heavy atom. The van der Waals surface area contributed by atoms with Gasteiger partial charge in [-0.1, -0.05) is 6.07 Å². The lowest BCUT2D eigenvalue weighted by Crippen LogP contribution is -2.55. The predicted octanol–water partition coefficient (Wildman–Crippen LogP) is 2.88. The highest BCUT2D eigenvalue weighted by Crippen LogP contribution is 2.27. The lowest BCUT2D eigenvalue weighted by atomic mass is 10.4. The Morgan fingerprint density at radius 1 is 1.40 bits per heavy atom. The molecule has 1 saturated heterocycles. The monoisotopic (exact) mass is 312 g/mol. The van der Waals surface area contributed by atoms with Gasteiger partial charge in [-0.15, -0.1) is 11.3 Å². The van der Waals surface area contributed by atoms with Gasteiger partial charge >= 0.3 is 8.72 Å². The van der Waals surface area contributed by atoms with Crippen molar-refractivity contribution >= 4 is 26.3 Å². The zero-order valence-electron chi connectivity index (χ0n) is 12.4. The third-order valence-electron chi connectivity index (χ3n) is 3.40. The molecule has 1 aliphatic rings. The molecule has 1 fully saturated rings. The van der Waals surface area contributed by atoms with E-state index in [-0.39, 0.29) is 0 Å². The maximum Gasteiger partial charge on any atom is 0.427 e. The summed E-state index contributed by atoms with van der Waals surface area (Å²) in [5, 5.41) is 2.07. The molecule has 0 N–H and O–H groups in total. The predicted molar refractivity (Wildman–Crippen MR) is 86.8 cm³/mol. The minimum absolute atomic E-state index is 0.737. The van der Waals surface area contributed by atoms with Gasteiger partial charge in [0.25, 0.3) is 0 Å². The Morgan fingerprint density at radius 3 is 2.85 bits per heavy atom. The van der Waals surface area contributed by atoms with Crippen molar-refractivity contribution in [1.29, 1.82) is 0 Å². The molecule has 6 heteroatoms. The Labute approximate surface area is 126 Å². The Bertz CT molecular complexity index is 405. The summed E-state index contributed by atoms with van der Waals surface area (Å²) < 4.78 is 14.5. The van der Waals surface area contributed by atoms with Gasteiger partial charge in [0.2, 0.25) is 0 Å². The lowest BCUT2D eigenvalue weighted by Gasteiger charge is -2.33. The van der Waals surface area contributed by atoms with Crippen molar-refractivity contribution in [2.75, 3.05) is 32.8 Å². The molecule has 0 atom stereocenters. The summed E-state index contributed by atoms with van der Waals surface area (Å²) in [4.78, 5) is 5.73. The molecule has 0 aromatic carbocycles. The lowest BCUT2D eigenvalue weighted by molar-refractivity contribution is 0.138. The first-order valence-corrected chi connectivity index (χ1v) is 10.2.